The average molecular weight is 278 g/mol. The molecule has 0 aromatic carbocycles. The molecular formula is C12H22O5S. The highest BCUT2D eigenvalue weighted by Crippen LogP contribution is 2.07. The second kappa shape index (κ2) is 8.39. The van der Waals surface area contributed by atoms with Gasteiger partial charge in [0.15, 0.2) is 5.78 Å². The molecule has 0 saturated heterocycles. The standard InChI is InChI=1S/C12H22O5S/c1-10(2)12(13)7-5-6-8-18(14,15)17-11(3)9-16-4/h11H,1,5-9H2,2-4H3. The molecule has 0 aliphatic carbocycles. The first-order chi connectivity index (χ1) is 8.28. The Labute approximate surface area is 109 Å². The minimum atomic E-state index is -3.53. The lowest BCUT2D eigenvalue weighted by Gasteiger charge is -2.11. The largest absolute Gasteiger partial charge is 0.382 e. The molecule has 0 heterocycles. The van der Waals surface area contributed by atoms with Gasteiger partial charge in [-0.25, -0.2) is 0 Å². The summed E-state index contributed by atoms with van der Waals surface area (Å²) >= 11 is 0. The van der Waals surface area contributed by atoms with Gasteiger partial charge in [0.25, 0.3) is 10.1 Å². The monoisotopic (exact) mass is 278 g/mol. The number of methoxy groups -OCH3 is 1. The second-order valence-corrected chi connectivity index (χ2v) is 6.00. The lowest BCUT2D eigenvalue weighted by Crippen LogP contribution is -2.22. The van der Waals surface area contributed by atoms with E-state index in [9.17, 15) is 13.2 Å². The molecule has 18 heavy (non-hydrogen) atoms. The fourth-order valence-electron chi connectivity index (χ4n) is 1.34. The van der Waals surface area contributed by atoms with E-state index in [-0.39, 0.29) is 18.1 Å². The molecule has 0 saturated carbocycles. The molecule has 0 N–H and O–H groups in total. The molecule has 0 aromatic rings. The summed E-state index contributed by atoms with van der Waals surface area (Å²) in [7, 11) is -2.05. The Morgan fingerprint density at radius 3 is 2.44 bits per heavy atom. The molecule has 106 valence electrons. The molecule has 0 spiro atoms. The molecule has 1 unspecified atom stereocenters. The number of ether oxygens (including phenoxy) is 1. The maximum absolute atomic E-state index is 11.5. The lowest BCUT2D eigenvalue weighted by atomic mass is 10.1. The Balaban J connectivity index is 3.91. The number of ketones is 1. The number of carbonyl (C=O) groups excluding carboxylic acids is 1. The van der Waals surface area contributed by atoms with Gasteiger partial charge in [0.1, 0.15) is 0 Å². The number of carbonyl (C=O) groups is 1. The smallest absolute Gasteiger partial charge is 0.267 e. The zero-order chi connectivity index (χ0) is 14.2. The van der Waals surface area contributed by atoms with Crippen LogP contribution in [0.15, 0.2) is 12.2 Å². The SMILES string of the molecule is C=C(C)C(=O)CCCCS(=O)(=O)OC(C)COC. The van der Waals surface area contributed by atoms with Gasteiger partial charge in [0.2, 0.25) is 0 Å². The highest BCUT2D eigenvalue weighted by molar-refractivity contribution is 7.86. The van der Waals surface area contributed by atoms with Gasteiger partial charge in [-0.15, -0.1) is 0 Å². The number of allylic oxidation sites excluding steroid dienone is 1. The maximum Gasteiger partial charge on any atom is 0.267 e. The topological polar surface area (TPSA) is 69.7 Å². The van der Waals surface area contributed by atoms with E-state index >= 15 is 0 Å². The maximum atomic E-state index is 11.5. The average Bonchev–Trinajstić information content (AvgIpc) is 2.23. The molecule has 0 fully saturated rings. The Kier molecular flexibility index (Phi) is 8.06. The normalized spacial score (nSPS) is 13.3. The van der Waals surface area contributed by atoms with Gasteiger partial charge < -0.3 is 4.74 Å². The zero-order valence-electron chi connectivity index (χ0n) is 11.3. The van der Waals surface area contributed by atoms with Crippen molar-refractivity contribution in [2.75, 3.05) is 19.5 Å². The quantitative estimate of drug-likeness (QED) is 0.345. The van der Waals surface area contributed by atoms with Crippen molar-refractivity contribution < 1.29 is 22.1 Å². The molecule has 0 aromatic heterocycles. The first kappa shape index (κ1) is 17.3. The molecule has 0 aliphatic rings. The third-order valence-electron chi connectivity index (χ3n) is 2.24. The molecule has 0 rings (SSSR count). The van der Waals surface area contributed by atoms with Gasteiger partial charge in [-0.05, 0) is 32.3 Å². The van der Waals surface area contributed by atoms with Crippen molar-refractivity contribution >= 4 is 15.9 Å². The van der Waals surface area contributed by atoms with Crippen LogP contribution < -0.4 is 0 Å². The minimum Gasteiger partial charge on any atom is -0.382 e. The molecule has 0 radical (unpaired) electrons. The van der Waals surface area contributed by atoms with Gasteiger partial charge in [-0.1, -0.05) is 6.58 Å². The number of Topliss-reactive ketones (excluding diaryl/α,β-unsaturated/α-hetero) is 1. The number of hydrogen-bond acceptors (Lipinski definition) is 5. The summed E-state index contributed by atoms with van der Waals surface area (Å²) in [6.07, 6.45) is 0.768. The fraction of sp³-hybridized carbons (Fsp3) is 0.750. The van der Waals surface area contributed by atoms with E-state index < -0.39 is 16.2 Å². The van der Waals surface area contributed by atoms with Gasteiger partial charge in [0.05, 0.1) is 18.5 Å². The van der Waals surface area contributed by atoms with Crippen LogP contribution in [0.1, 0.15) is 33.1 Å². The highest BCUT2D eigenvalue weighted by atomic mass is 32.2. The first-order valence-corrected chi connectivity index (χ1v) is 7.45. The third kappa shape index (κ3) is 8.38. The van der Waals surface area contributed by atoms with E-state index in [0.717, 1.165) is 0 Å². The van der Waals surface area contributed by atoms with Gasteiger partial charge in [-0.3, -0.25) is 8.98 Å². The lowest BCUT2D eigenvalue weighted by molar-refractivity contribution is -0.115. The van der Waals surface area contributed by atoms with E-state index in [4.69, 9.17) is 8.92 Å². The van der Waals surface area contributed by atoms with Crippen molar-refractivity contribution in [1.29, 1.82) is 0 Å². The molecule has 0 aliphatic heterocycles. The van der Waals surface area contributed by atoms with Crippen LogP contribution >= 0.6 is 0 Å². The van der Waals surface area contributed by atoms with Gasteiger partial charge in [-0.2, -0.15) is 8.42 Å². The van der Waals surface area contributed by atoms with Crippen molar-refractivity contribution in [2.24, 2.45) is 0 Å². The fourth-order valence-corrected chi connectivity index (χ4v) is 2.55. The molecule has 0 bridgehead atoms. The summed E-state index contributed by atoms with van der Waals surface area (Å²) < 4.78 is 32.7. The molecule has 0 amide bonds. The molecule has 1 atom stereocenters. The van der Waals surface area contributed by atoms with Crippen LogP contribution in [0.5, 0.6) is 0 Å². The molecule has 6 heteroatoms. The molecular weight excluding hydrogens is 256 g/mol. The van der Waals surface area contributed by atoms with E-state index in [0.29, 0.717) is 24.8 Å². The predicted molar refractivity (Wildman–Crippen MR) is 69.9 cm³/mol. The Bertz CT molecular complexity index is 372. The van der Waals surface area contributed by atoms with Crippen molar-refractivity contribution in [3.63, 3.8) is 0 Å². The van der Waals surface area contributed by atoms with Crippen LogP contribution in [0.4, 0.5) is 0 Å². The number of unbranched alkanes of at least 4 members (excludes halogenated alkanes) is 1. The van der Waals surface area contributed by atoms with E-state index in [1.54, 1.807) is 13.8 Å². The second-order valence-electron chi connectivity index (χ2n) is 4.28. The zero-order valence-corrected chi connectivity index (χ0v) is 12.1. The van der Waals surface area contributed by atoms with Crippen LogP contribution in [0.2, 0.25) is 0 Å². The third-order valence-corrected chi connectivity index (χ3v) is 3.65. The van der Waals surface area contributed by atoms with Crippen LogP contribution in [-0.2, 0) is 23.8 Å². The first-order valence-electron chi connectivity index (χ1n) is 5.87. The highest BCUT2D eigenvalue weighted by Gasteiger charge is 2.16. The van der Waals surface area contributed by atoms with Crippen LogP contribution in [0.25, 0.3) is 0 Å². The summed E-state index contributed by atoms with van der Waals surface area (Å²) in [6, 6.07) is 0. The number of rotatable bonds is 10. The van der Waals surface area contributed by atoms with Crippen molar-refractivity contribution in [3.05, 3.63) is 12.2 Å². The predicted octanol–water partition coefficient (Wildman–Crippen LogP) is 1.68. The van der Waals surface area contributed by atoms with Crippen LogP contribution in [0, 0.1) is 0 Å². The summed E-state index contributed by atoms with van der Waals surface area (Å²) in [4.78, 5) is 11.2. The van der Waals surface area contributed by atoms with E-state index in [1.165, 1.54) is 7.11 Å². The van der Waals surface area contributed by atoms with Crippen LogP contribution in [-0.4, -0.2) is 39.8 Å². The Morgan fingerprint density at radius 1 is 1.33 bits per heavy atom. The van der Waals surface area contributed by atoms with Crippen molar-refractivity contribution in [3.8, 4) is 0 Å². The summed E-state index contributed by atoms with van der Waals surface area (Å²) in [6.45, 7) is 7.04. The Hall–Kier alpha value is -0.720. The summed E-state index contributed by atoms with van der Waals surface area (Å²) in [5.41, 5.74) is 0.503. The summed E-state index contributed by atoms with van der Waals surface area (Å²) in [5, 5.41) is 0. The number of hydrogen-bond donors (Lipinski definition) is 0. The van der Waals surface area contributed by atoms with Crippen LogP contribution in [0.3, 0.4) is 0 Å². The summed E-state index contributed by atoms with van der Waals surface area (Å²) in [5.74, 6) is -0.106. The van der Waals surface area contributed by atoms with Crippen molar-refractivity contribution in [1.82, 2.24) is 0 Å². The van der Waals surface area contributed by atoms with E-state index in [2.05, 4.69) is 6.58 Å². The van der Waals surface area contributed by atoms with E-state index in [1.807, 2.05) is 0 Å². The minimum absolute atomic E-state index is 0.0268. The van der Waals surface area contributed by atoms with Gasteiger partial charge >= 0.3 is 0 Å². The van der Waals surface area contributed by atoms with Gasteiger partial charge in [0, 0.05) is 13.5 Å². The molecule has 5 nitrogen and oxygen atoms in total. The van der Waals surface area contributed by atoms with Crippen molar-refractivity contribution in [2.45, 2.75) is 39.2 Å². The Morgan fingerprint density at radius 2 is 1.94 bits per heavy atom.